The fourth-order valence-electron chi connectivity index (χ4n) is 2.56. The number of carbonyl (C=O) groups is 2. The van der Waals surface area contributed by atoms with Gasteiger partial charge in [-0.05, 0) is 24.7 Å². The fraction of sp³-hybridized carbons (Fsp3) is 0.857. The molecule has 0 saturated heterocycles. The summed E-state index contributed by atoms with van der Waals surface area (Å²) >= 11 is 0. The van der Waals surface area contributed by atoms with Crippen molar-refractivity contribution in [3.63, 3.8) is 0 Å². The van der Waals surface area contributed by atoms with Gasteiger partial charge in [0.15, 0.2) is 0 Å². The summed E-state index contributed by atoms with van der Waals surface area (Å²) in [5.74, 6) is -0.826. The highest BCUT2D eigenvalue weighted by Gasteiger charge is 2.25. The molecule has 0 radical (unpaired) electrons. The molecule has 0 unspecified atom stereocenters. The highest BCUT2D eigenvalue weighted by molar-refractivity contribution is 5.74. The molecule has 1 rings (SSSR count). The highest BCUT2D eigenvalue weighted by atomic mass is 16.4. The third kappa shape index (κ3) is 7.03. The van der Waals surface area contributed by atoms with Crippen molar-refractivity contribution in [2.75, 3.05) is 13.1 Å². The predicted octanol–water partition coefficient (Wildman–Crippen LogP) is 2.51. The van der Waals surface area contributed by atoms with Crippen LogP contribution in [0.5, 0.6) is 0 Å². The molecular weight excluding hydrogens is 244 g/mol. The van der Waals surface area contributed by atoms with Crippen molar-refractivity contribution >= 4 is 12.0 Å². The van der Waals surface area contributed by atoms with Gasteiger partial charge < -0.3 is 15.7 Å². The first-order chi connectivity index (χ1) is 9.02. The molecule has 5 nitrogen and oxygen atoms in total. The van der Waals surface area contributed by atoms with Crippen molar-refractivity contribution in [3.8, 4) is 0 Å². The number of carboxylic acid groups (broad SMARTS) is 1. The normalized spacial score (nSPS) is 18.4. The summed E-state index contributed by atoms with van der Waals surface area (Å²) in [4.78, 5) is 21.9. The van der Waals surface area contributed by atoms with Gasteiger partial charge in [-0.3, -0.25) is 4.79 Å². The third-order valence-electron chi connectivity index (χ3n) is 3.84. The Hall–Kier alpha value is -1.26. The van der Waals surface area contributed by atoms with Gasteiger partial charge >= 0.3 is 12.0 Å². The maximum Gasteiger partial charge on any atom is 0.314 e. The summed E-state index contributed by atoms with van der Waals surface area (Å²) in [6, 6.07) is -0.184. The molecule has 1 saturated carbocycles. The van der Waals surface area contributed by atoms with Crippen molar-refractivity contribution in [3.05, 3.63) is 0 Å². The number of hydrogen-bond acceptors (Lipinski definition) is 2. The lowest BCUT2D eigenvalue weighted by Gasteiger charge is -2.28. The molecule has 0 spiro atoms. The van der Waals surface area contributed by atoms with E-state index in [2.05, 4.69) is 17.6 Å². The summed E-state index contributed by atoms with van der Waals surface area (Å²) < 4.78 is 0. The van der Waals surface area contributed by atoms with Crippen LogP contribution < -0.4 is 10.6 Å². The number of rotatable bonds is 6. The minimum atomic E-state index is -0.826. The van der Waals surface area contributed by atoms with E-state index in [1.54, 1.807) is 0 Å². The quantitative estimate of drug-likeness (QED) is 0.512. The van der Waals surface area contributed by atoms with Crippen LogP contribution in [0.2, 0.25) is 0 Å². The Morgan fingerprint density at radius 3 is 2.32 bits per heavy atom. The van der Waals surface area contributed by atoms with Gasteiger partial charge in [-0.25, -0.2) is 4.79 Å². The van der Waals surface area contributed by atoms with Crippen LogP contribution in [0.3, 0.4) is 0 Å². The monoisotopic (exact) mass is 270 g/mol. The maximum absolute atomic E-state index is 11.6. The summed E-state index contributed by atoms with van der Waals surface area (Å²) in [5.41, 5.74) is 0.217. The Morgan fingerprint density at radius 2 is 1.74 bits per heavy atom. The largest absolute Gasteiger partial charge is 0.481 e. The van der Waals surface area contributed by atoms with Crippen LogP contribution in [0, 0.1) is 5.41 Å². The first-order valence-corrected chi connectivity index (χ1v) is 7.25. The standard InChI is InChI=1S/C14H26N2O3/c1-14(8-4-2-3-5-9-14)11-16-13(19)15-10-6-7-12(17)18/h2-11H2,1H3,(H,17,18)(H2,15,16,19). The van der Waals surface area contributed by atoms with Gasteiger partial charge in [0.25, 0.3) is 0 Å². The summed E-state index contributed by atoms with van der Waals surface area (Å²) in [6.45, 7) is 3.36. The fourth-order valence-corrected chi connectivity index (χ4v) is 2.56. The SMILES string of the molecule is CC1(CNC(=O)NCCCC(=O)O)CCCCCC1. The van der Waals surface area contributed by atoms with Crippen molar-refractivity contribution < 1.29 is 14.7 Å². The molecule has 0 aromatic carbocycles. The van der Waals surface area contributed by atoms with E-state index < -0.39 is 5.97 Å². The van der Waals surface area contributed by atoms with Gasteiger partial charge in [-0.2, -0.15) is 0 Å². The van der Waals surface area contributed by atoms with Crippen molar-refractivity contribution in [2.24, 2.45) is 5.41 Å². The molecular formula is C14H26N2O3. The molecule has 0 heterocycles. The minimum absolute atomic E-state index is 0.0952. The smallest absolute Gasteiger partial charge is 0.314 e. The van der Waals surface area contributed by atoms with E-state index in [1.807, 2.05) is 0 Å². The van der Waals surface area contributed by atoms with Crippen molar-refractivity contribution in [2.45, 2.75) is 58.3 Å². The molecule has 0 aromatic heterocycles. The van der Waals surface area contributed by atoms with Gasteiger partial charge in [-0.15, -0.1) is 0 Å². The summed E-state index contributed by atoms with van der Waals surface area (Å²) in [6.07, 6.45) is 8.02. The molecule has 2 amide bonds. The molecule has 0 aliphatic heterocycles. The van der Waals surface area contributed by atoms with E-state index in [-0.39, 0.29) is 17.9 Å². The minimum Gasteiger partial charge on any atom is -0.481 e. The van der Waals surface area contributed by atoms with Crippen LogP contribution in [-0.2, 0) is 4.79 Å². The van der Waals surface area contributed by atoms with E-state index in [0.717, 1.165) is 0 Å². The van der Waals surface area contributed by atoms with Gasteiger partial charge in [-0.1, -0.05) is 32.6 Å². The predicted molar refractivity (Wildman–Crippen MR) is 74.1 cm³/mol. The van der Waals surface area contributed by atoms with Crippen LogP contribution in [0.1, 0.15) is 58.3 Å². The number of aliphatic carboxylic acids is 1. The van der Waals surface area contributed by atoms with Crippen LogP contribution >= 0.6 is 0 Å². The number of carbonyl (C=O) groups excluding carboxylic acids is 1. The number of carboxylic acids is 1. The number of amides is 2. The van der Waals surface area contributed by atoms with Crippen LogP contribution in [0.25, 0.3) is 0 Å². The van der Waals surface area contributed by atoms with Gasteiger partial charge in [0.05, 0.1) is 0 Å². The molecule has 0 bridgehead atoms. The van der Waals surface area contributed by atoms with Crippen LogP contribution in [-0.4, -0.2) is 30.2 Å². The Labute approximate surface area is 115 Å². The molecule has 110 valence electrons. The van der Waals surface area contributed by atoms with E-state index in [9.17, 15) is 9.59 Å². The molecule has 1 fully saturated rings. The molecule has 1 aliphatic rings. The van der Waals surface area contributed by atoms with Gasteiger partial charge in [0.2, 0.25) is 0 Å². The maximum atomic E-state index is 11.6. The molecule has 3 N–H and O–H groups in total. The second-order valence-electron chi connectivity index (χ2n) is 5.83. The lowest BCUT2D eigenvalue weighted by Crippen LogP contribution is -2.41. The lowest BCUT2D eigenvalue weighted by molar-refractivity contribution is -0.137. The zero-order valence-corrected chi connectivity index (χ0v) is 11.8. The number of urea groups is 1. The second-order valence-corrected chi connectivity index (χ2v) is 5.83. The summed E-state index contributed by atoms with van der Waals surface area (Å²) in [5, 5.41) is 14.1. The molecule has 19 heavy (non-hydrogen) atoms. The Bertz CT molecular complexity index is 297. The molecule has 5 heteroatoms. The Balaban J connectivity index is 2.16. The van der Waals surface area contributed by atoms with E-state index in [0.29, 0.717) is 19.5 Å². The van der Waals surface area contributed by atoms with Gasteiger partial charge in [0.1, 0.15) is 0 Å². The van der Waals surface area contributed by atoms with Crippen LogP contribution in [0.15, 0.2) is 0 Å². The topological polar surface area (TPSA) is 78.4 Å². The zero-order chi connectivity index (χ0) is 14.1. The molecule has 0 atom stereocenters. The molecule has 1 aliphatic carbocycles. The van der Waals surface area contributed by atoms with E-state index in [1.165, 1.54) is 38.5 Å². The van der Waals surface area contributed by atoms with E-state index >= 15 is 0 Å². The average Bonchev–Trinajstić information content (AvgIpc) is 2.58. The zero-order valence-electron chi connectivity index (χ0n) is 11.8. The molecule has 0 aromatic rings. The van der Waals surface area contributed by atoms with E-state index in [4.69, 9.17) is 5.11 Å². The number of nitrogens with one attached hydrogen (secondary N) is 2. The highest BCUT2D eigenvalue weighted by Crippen LogP contribution is 2.33. The first-order valence-electron chi connectivity index (χ1n) is 7.25. The lowest BCUT2D eigenvalue weighted by atomic mass is 9.82. The third-order valence-corrected chi connectivity index (χ3v) is 3.84. The van der Waals surface area contributed by atoms with Crippen LogP contribution in [0.4, 0.5) is 4.79 Å². The first kappa shape index (κ1) is 15.8. The average molecular weight is 270 g/mol. The van der Waals surface area contributed by atoms with Gasteiger partial charge in [0, 0.05) is 19.5 Å². The Kier molecular flexibility index (Phi) is 6.67. The van der Waals surface area contributed by atoms with Crippen molar-refractivity contribution in [1.29, 1.82) is 0 Å². The summed E-state index contributed by atoms with van der Waals surface area (Å²) in [7, 11) is 0. The number of hydrogen-bond donors (Lipinski definition) is 3. The van der Waals surface area contributed by atoms with Crippen molar-refractivity contribution in [1.82, 2.24) is 10.6 Å². The second kappa shape index (κ2) is 8.02. The Morgan fingerprint density at radius 1 is 1.11 bits per heavy atom.